The molecule has 58 valence electrons. The van der Waals surface area contributed by atoms with E-state index in [0.29, 0.717) is 0 Å². The molecule has 3 heteroatoms. The van der Waals surface area contributed by atoms with Gasteiger partial charge in [0.25, 0.3) is 0 Å². The Balaban J connectivity index is 3.84. The van der Waals surface area contributed by atoms with Gasteiger partial charge in [0, 0.05) is 6.04 Å². The van der Waals surface area contributed by atoms with Crippen molar-refractivity contribution in [3.8, 4) is 6.07 Å². The Morgan fingerprint density at radius 3 is 2.40 bits per heavy atom. The Morgan fingerprint density at radius 1 is 1.60 bits per heavy atom. The predicted molar refractivity (Wildman–Crippen MR) is 39.4 cm³/mol. The van der Waals surface area contributed by atoms with Crippen molar-refractivity contribution in [2.45, 2.75) is 25.9 Å². The lowest BCUT2D eigenvalue weighted by Crippen LogP contribution is -2.38. The molecule has 0 saturated heterocycles. The van der Waals surface area contributed by atoms with Crippen molar-refractivity contribution < 1.29 is 5.11 Å². The molecule has 0 aliphatic heterocycles. The molecule has 1 N–H and O–H groups in total. The van der Waals surface area contributed by atoms with Crippen LogP contribution >= 0.6 is 0 Å². The molecule has 0 fully saturated rings. The van der Waals surface area contributed by atoms with Crippen LogP contribution in [0.4, 0.5) is 0 Å². The second-order valence-electron chi connectivity index (χ2n) is 2.50. The largest absolute Gasteiger partial charge is 0.395 e. The minimum Gasteiger partial charge on any atom is -0.395 e. The van der Waals surface area contributed by atoms with Gasteiger partial charge in [-0.2, -0.15) is 5.26 Å². The molecular formula is C7H14N2O. The van der Waals surface area contributed by atoms with E-state index in [1.165, 1.54) is 0 Å². The van der Waals surface area contributed by atoms with Gasteiger partial charge in [-0.1, -0.05) is 0 Å². The van der Waals surface area contributed by atoms with Gasteiger partial charge in [0.1, 0.15) is 0 Å². The highest BCUT2D eigenvalue weighted by Gasteiger charge is 2.13. The topological polar surface area (TPSA) is 47.3 Å². The van der Waals surface area contributed by atoms with Crippen LogP contribution in [0.2, 0.25) is 0 Å². The zero-order valence-corrected chi connectivity index (χ0v) is 6.70. The molecule has 0 aromatic rings. The molecule has 0 saturated carbocycles. The van der Waals surface area contributed by atoms with Crippen molar-refractivity contribution in [2.24, 2.45) is 0 Å². The van der Waals surface area contributed by atoms with Crippen molar-refractivity contribution >= 4 is 0 Å². The number of nitrogens with zero attached hydrogens (tertiary/aromatic N) is 2. The normalized spacial score (nSPS) is 16.4. The standard InChI is InChI=1S/C7H14N2O/c1-6(4-8)9(3)7(2)5-10/h6-7,10H,5H2,1-3H3. The molecule has 3 nitrogen and oxygen atoms in total. The number of hydrogen-bond donors (Lipinski definition) is 1. The Hall–Kier alpha value is -0.590. The molecule has 0 aromatic heterocycles. The molecule has 0 aromatic carbocycles. The van der Waals surface area contributed by atoms with Crippen molar-refractivity contribution in [1.82, 2.24) is 4.90 Å². The van der Waals surface area contributed by atoms with Crippen LogP contribution in [0.1, 0.15) is 13.8 Å². The summed E-state index contributed by atoms with van der Waals surface area (Å²) in [6.45, 7) is 3.79. The summed E-state index contributed by atoms with van der Waals surface area (Å²) in [5.74, 6) is 0. The van der Waals surface area contributed by atoms with E-state index in [1.54, 1.807) is 0 Å². The summed E-state index contributed by atoms with van der Waals surface area (Å²) in [4.78, 5) is 1.83. The van der Waals surface area contributed by atoms with Crippen molar-refractivity contribution in [2.75, 3.05) is 13.7 Å². The molecule has 0 rings (SSSR count). The number of aliphatic hydroxyl groups excluding tert-OH is 1. The first-order valence-electron chi connectivity index (χ1n) is 3.36. The van der Waals surface area contributed by atoms with Gasteiger partial charge in [-0.25, -0.2) is 0 Å². The van der Waals surface area contributed by atoms with E-state index in [9.17, 15) is 0 Å². The highest BCUT2D eigenvalue weighted by molar-refractivity contribution is 4.88. The number of aliphatic hydroxyl groups is 1. The Morgan fingerprint density at radius 2 is 2.10 bits per heavy atom. The lowest BCUT2D eigenvalue weighted by atomic mass is 10.2. The molecule has 0 aliphatic carbocycles. The Bertz CT molecular complexity index is 130. The van der Waals surface area contributed by atoms with E-state index < -0.39 is 0 Å². The lowest BCUT2D eigenvalue weighted by Gasteiger charge is -2.24. The van der Waals surface area contributed by atoms with E-state index in [4.69, 9.17) is 10.4 Å². The summed E-state index contributed by atoms with van der Waals surface area (Å²) < 4.78 is 0. The first kappa shape index (κ1) is 9.41. The van der Waals surface area contributed by atoms with Crippen LogP contribution in [0.5, 0.6) is 0 Å². The highest BCUT2D eigenvalue weighted by Crippen LogP contribution is 1.99. The monoisotopic (exact) mass is 142 g/mol. The molecule has 2 unspecified atom stereocenters. The fourth-order valence-electron chi connectivity index (χ4n) is 0.602. The summed E-state index contributed by atoms with van der Waals surface area (Å²) in [5, 5.41) is 17.2. The third kappa shape index (κ3) is 2.34. The van der Waals surface area contributed by atoms with Crippen LogP contribution in [0.15, 0.2) is 0 Å². The summed E-state index contributed by atoms with van der Waals surface area (Å²) in [5.41, 5.74) is 0. The molecule has 0 heterocycles. The Labute approximate surface area is 61.9 Å². The van der Waals surface area contributed by atoms with Gasteiger partial charge < -0.3 is 5.11 Å². The molecular weight excluding hydrogens is 128 g/mol. The van der Waals surface area contributed by atoms with Gasteiger partial charge in [0.2, 0.25) is 0 Å². The van der Waals surface area contributed by atoms with E-state index in [2.05, 4.69) is 6.07 Å². The molecule has 2 atom stereocenters. The van der Waals surface area contributed by atoms with Gasteiger partial charge in [-0.05, 0) is 20.9 Å². The third-order valence-electron chi connectivity index (χ3n) is 1.76. The number of likely N-dealkylation sites (N-methyl/N-ethyl adjacent to an activating group) is 1. The second-order valence-corrected chi connectivity index (χ2v) is 2.50. The maximum atomic E-state index is 8.70. The predicted octanol–water partition coefficient (Wildman–Crippen LogP) is 0.211. The Kier molecular flexibility index (Phi) is 4.01. The number of rotatable bonds is 3. The second kappa shape index (κ2) is 4.26. The third-order valence-corrected chi connectivity index (χ3v) is 1.76. The number of nitriles is 1. The van der Waals surface area contributed by atoms with Crippen LogP contribution in [-0.4, -0.2) is 35.7 Å². The van der Waals surface area contributed by atoms with Crippen LogP contribution < -0.4 is 0 Å². The molecule has 0 amide bonds. The zero-order valence-electron chi connectivity index (χ0n) is 6.70. The first-order valence-corrected chi connectivity index (χ1v) is 3.36. The zero-order chi connectivity index (χ0) is 8.15. The van der Waals surface area contributed by atoms with Crippen molar-refractivity contribution in [1.29, 1.82) is 5.26 Å². The van der Waals surface area contributed by atoms with Crippen LogP contribution in [0.3, 0.4) is 0 Å². The average Bonchev–Trinajstić information content (AvgIpc) is 2.00. The van der Waals surface area contributed by atoms with Gasteiger partial charge in [-0.15, -0.1) is 0 Å². The average molecular weight is 142 g/mol. The van der Waals surface area contributed by atoms with Gasteiger partial charge in [0.05, 0.1) is 18.7 Å². The van der Waals surface area contributed by atoms with E-state index in [1.807, 2.05) is 25.8 Å². The van der Waals surface area contributed by atoms with Gasteiger partial charge in [-0.3, -0.25) is 4.90 Å². The van der Waals surface area contributed by atoms with E-state index >= 15 is 0 Å². The minimum atomic E-state index is -0.123. The van der Waals surface area contributed by atoms with E-state index in [0.717, 1.165) is 0 Å². The lowest BCUT2D eigenvalue weighted by molar-refractivity contribution is 0.145. The smallest absolute Gasteiger partial charge is 0.0949 e. The summed E-state index contributed by atoms with van der Waals surface area (Å²) >= 11 is 0. The molecule has 10 heavy (non-hydrogen) atoms. The van der Waals surface area contributed by atoms with Gasteiger partial charge >= 0.3 is 0 Å². The van der Waals surface area contributed by atoms with Crippen LogP contribution in [0.25, 0.3) is 0 Å². The highest BCUT2D eigenvalue weighted by atomic mass is 16.3. The van der Waals surface area contributed by atoms with E-state index in [-0.39, 0.29) is 18.7 Å². The van der Waals surface area contributed by atoms with Crippen molar-refractivity contribution in [3.63, 3.8) is 0 Å². The SMILES string of the molecule is CC(C#N)N(C)C(C)CO. The van der Waals surface area contributed by atoms with Crippen LogP contribution in [0, 0.1) is 11.3 Å². The molecule has 0 spiro atoms. The van der Waals surface area contributed by atoms with Crippen LogP contribution in [-0.2, 0) is 0 Å². The fourth-order valence-corrected chi connectivity index (χ4v) is 0.602. The molecule has 0 bridgehead atoms. The maximum absolute atomic E-state index is 8.70. The summed E-state index contributed by atoms with van der Waals surface area (Å²) in [6, 6.07) is 2.04. The molecule has 0 aliphatic rings. The minimum absolute atomic E-state index is 0.0645. The summed E-state index contributed by atoms with van der Waals surface area (Å²) in [7, 11) is 1.83. The molecule has 0 radical (unpaired) electrons. The number of hydrogen-bond acceptors (Lipinski definition) is 3. The maximum Gasteiger partial charge on any atom is 0.0949 e. The quantitative estimate of drug-likeness (QED) is 0.612. The fraction of sp³-hybridized carbons (Fsp3) is 0.857. The first-order chi connectivity index (χ1) is 4.63. The van der Waals surface area contributed by atoms with Gasteiger partial charge in [0.15, 0.2) is 0 Å². The van der Waals surface area contributed by atoms with Crippen molar-refractivity contribution in [3.05, 3.63) is 0 Å². The summed E-state index contributed by atoms with van der Waals surface area (Å²) in [6.07, 6.45) is 0.